The lowest BCUT2D eigenvalue weighted by molar-refractivity contribution is -0.123. The molecule has 1 aromatic heterocycles. The summed E-state index contributed by atoms with van der Waals surface area (Å²) in [6, 6.07) is 8.25. The second kappa shape index (κ2) is 10.2. The quantitative estimate of drug-likeness (QED) is 0.267. The van der Waals surface area contributed by atoms with Crippen molar-refractivity contribution in [1.29, 1.82) is 0 Å². The molecule has 2 N–H and O–H groups in total. The van der Waals surface area contributed by atoms with Crippen LogP contribution in [0.2, 0.25) is 15.1 Å². The molecule has 2 amide bonds. The first kappa shape index (κ1) is 25.0. The molecular formula is C23H17Cl3N4O4S. The molecule has 0 aliphatic carbocycles. The number of carbonyl (C=O) groups excluding carboxylic acids is 2. The number of aromatic nitrogens is 1. The first-order valence-electron chi connectivity index (χ1n) is 10.1. The maximum atomic E-state index is 12.6. The van der Waals surface area contributed by atoms with Gasteiger partial charge < -0.3 is 9.84 Å². The van der Waals surface area contributed by atoms with E-state index in [9.17, 15) is 14.7 Å². The highest BCUT2D eigenvalue weighted by Gasteiger charge is 2.25. The lowest BCUT2D eigenvalue weighted by Gasteiger charge is -2.08. The van der Waals surface area contributed by atoms with Gasteiger partial charge in [0.05, 0.1) is 26.0 Å². The van der Waals surface area contributed by atoms with E-state index in [1.54, 1.807) is 12.1 Å². The zero-order chi connectivity index (χ0) is 25.3. The topological polar surface area (TPSA) is 105 Å². The molecule has 35 heavy (non-hydrogen) atoms. The summed E-state index contributed by atoms with van der Waals surface area (Å²) in [7, 11) is 0. The van der Waals surface area contributed by atoms with Gasteiger partial charge >= 0.3 is 0 Å². The Kier molecular flexibility index (Phi) is 7.32. The van der Waals surface area contributed by atoms with Crippen LogP contribution in [-0.2, 0) is 16.1 Å². The van der Waals surface area contributed by atoms with E-state index >= 15 is 0 Å². The standard InChI is InChI=1S/C23H17Cl3N4O4S/c1-3-6-30-22(33)20(19-12-7-11(2)4-5-16(12)27-21(19)32)35-23(30)29-28-18(31)10-34-17-9-14(25)13(24)8-15(17)26/h3-5,7-9,33H,1,6,10H2,2H3,(H,28,31). The molecule has 1 aliphatic rings. The maximum Gasteiger partial charge on any atom is 0.279 e. The Labute approximate surface area is 218 Å². The number of rotatable bonds is 7. The van der Waals surface area contributed by atoms with Crippen LogP contribution in [0.1, 0.15) is 10.4 Å². The van der Waals surface area contributed by atoms with Gasteiger partial charge in [-0.3, -0.25) is 14.2 Å². The molecule has 0 saturated carbocycles. The van der Waals surface area contributed by atoms with Gasteiger partial charge in [-0.05, 0) is 25.1 Å². The van der Waals surface area contributed by atoms with Gasteiger partial charge in [0.25, 0.3) is 11.8 Å². The zero-order valence-electron chi connectivity index (χ0n) is 18.1. The monoisotopic (exact) mass is 550 g/mol. The van der Waals surface area contributed by atoms with Crippen LogP contribution >= 0.6 is 46.1 Å². The minimum absolute atomic E-state index is 0.183. The zero-order valence-corrected chi connectivity index (χ0v) is 21.2. The van der Waals surface area contributed by atoms with Crippen LogP contribution in [0, 0.1) is 6.92 Å². The molecule has 180 valence electrons. The van der Waals surface area contributed by atoms with Gasteiger partial charge in [0.1, 0.15) is 10.6 Å². The summed E-state index contributed by atoms with van der Waals surface area (Å²) in [5.41, 5.74) is 3.59. The molecule has 12 heteroatoms. The van der Waals surface area contributed by atoms with Crippen molar-refractivity contribution in [3.05, 3.63) is 83.9 Å². The molecular weight excluding hydrogens is 535 g/mol. The number of carbonyl (C=O) groups is 2. The van der Waals surface area contributed by atoms with E-state index in [1.807, 2.05) is 19.1 Å². The van der Waals surface area contributed by atoms with Gasteiger partial charge in [0.15, 0.2) is 6.61 Å². The van der Waals surface area contributed by atoms with Crippen LogP contribution in [0.3, 0.4) is 0 Å². The Hall–Kier alpha value is -3.11. The fourth-order valence-electron chi connectivity index (χ4n) is 3.29. The molecule has 8 nitrogen and oxygen atoms in total. The fourth-order valence-corrected chi connectivity index (χ4v) is 4.93. The van der Waals surface area contributed by atoms with Crippen molar-refractivity contribution in [2.75, 3.05) is 6.61 Å². The van der Waals surface area contributed by atoms with Gasteiger partial charge in [-0.1, -0.05) is 63.8 Å². The van der Waals surface area contributed by atoms with E-state index < -0.39 is 18.4 Å². The highest BCUT2D eigenvalue weighted by atomic mass is 35.5. The molecule has 0 bridgehead atoms. The Morgan fingerprint density at radius 1 is 1.26 bits per heavy atom. The number of hydrogen-bond donors (Lipinski definition) is 2. The smallest absolute Gasteiger partial charge is 0.279 e. The summed E-state index contributed by atoms with van der Waals surface area (Å²) >= 11 is 18.9. The molecule has 0 atom stereocenters. The van der Waals surface area contributed by atoms with E-state index in [0.717, 1.165) is 16.9 Å². The van der Waals surface area contributed by atoms with Crippen molar-refractivity contribution < 1.29 is 19.4 Å². The highest BCUT2D eigenvalue weighted by Crippen LogP contribution is 2.33. The van der Waals surface area contributed by atoms with Crippen molar-refractivity contribution in [2.24, 2.45) is 10.1 Å². The number of fused-ring (bicyclic) bond motifs is 1. The van der Waals surface area contributed by atoms with Crippen molar-refractivity contribution in [3.63, 3.8) is 0 Å². The molecule has 2 heterocycles. The van der Waals surface area contributed by atoms with Gasteiger partial charge in [-0.2, -0.15) is 0 Å². The molecule has 0 fully saturated rings. The molecule has 2 aromatic carbocycles. The molecule has 0 spiro atoms. The SMILES string of the molecule is C=CCn1c(O)c(C2=c3cc(C)ccc3=NC2=O)sc1=NNC(=O)COc1cc(Cl)c(Cl)cc1Cl. The van der Waals surface area contributed by atoms with Crippen LogP contribution in [0.15, 0.2) is 53.1 Å². The predicted molar refractivity (Wildman–Crippen MR) is 134 cm³/mol. The number of nitrogens with zero attached hydrogens (tertiary/aromatic N) is 3. The summed E-state index contributed by atoms with van der Waals surface area (Å²) in [6.45, 7) is 5.36. The average molecular weight is 552 g/mol. The van der Waals surface area contributed by atoms with Crippen LogP contribution < -0.4 is 25.5 Å². The second-order valence-corrected chi connectivity index (χ2v) is 9.58. The lowest BCUT2D eigenvalue weighted by atomic mass is 10.1. The van der Waals surface area contributed by atoms with E-state index in [0.29, 0.717) is 10.6 Å². The van der Waals surface area contributed by atoms with Crippen molar-refractivity contribution in [1.82, 2.24) is 9.99 Å². The number of thiazole rings is 1. The third-order valence-corrected chi connectivity index (χ3v) is 6.99. The van der Waals surface area contributed by atoms with Crippen LogP contribution in [0.25, 0.3) is 5.57 Å². The first-order chi connectivity index (χ1) is 16.7. The second-order valence-electron chi connectivity index (χ2n) is 7.38. The number of ether oxygens (including phenoxy) is 1. The number of allylic oxidation sites excluding steroid dienone is 1. The summed E-state index contributed by atoms with van der Waals surface area (Å²) < 4.78 is 6.81. The number of aromatic hydroxyl groups is 1. The van der Waals surface area contributed by atoms with E-state index in [-0.39, 0.29) is 48.5 Å². The van der Waals surface area contributed by atoms with Gasteiger partial charge in [0.2, 0.25) is 10.7 Å². The first-order valence-corrected chi connectivity index (χ1v) is 12.0. The number of nitrogens with one attached hydrogen (secondary N) is 1. The van der Waals surface area contributed by atoms with Crippen molar-refractivity contribution >= 4 is 63.5 Å². The summed E-state index contributed by atoms with van der Waals surface area (Å²) in [4.78, 5) is 29.6. The van der Waals surface area contributed by atoms with E-state index in [2.05, 4.69) is 22.1 Å². The third-order valence-electron chi connectivity index (χ3n) is 4.89. The molecule has 1 aliphatic heterocycles. The van der Waals surface area contributed by atoms with E-state index in [4.69, 9.17) is 39.5 Å². The molecule has 0 saturated heterocycles. The average Bonchev–Trinajstić information content (AvgIpc) is 3.29. The Bertz CT molecular complexity index is 1580. The number of hydrogen-bond acceptors (Lipinski definition) is 6. The van der Waals surface area contributed by atoms with Crippen LogP contribution in [-0.4, -0.2) is 28.1 Å². The van der Waals surface area contributed by atoms with Gasteiger partial charge in [-0.15, -0.1) is 11.7 Å². The van der Waals surface area contributed by atoms with Crippen molar-refractivity contribution in [2.45, 2.75) is 13.5 Å². The van der Waals surface area contributed by atoms with Gasteiger partial charge in [0, 0.05) is 17.8 Å². The summed E-state index contributed by atoms with van der Waals surface area (Å²) in [5.74, 6) is -1.06. The summed E-state index contributed by atoms with van der Waals surface area (Å²) in [6.07, 6.45) is 1.55. The Morgan fingerprint density at radius 2 is 2.00 bits per heavy atom. The van der Waals surface area contributed by atoms with Crippen molar-refractivity contribution in [3.8, 4) is 11.6 Å². The predicted octanol–water partition coefficient (Wildman–Crippen LogP) is 3.08. The lowest BCUT2D eigenvalue weighted by Crippen LogP contribution is -2.28. The number of benzene rings is 2. The maximum absolute atomic E-state index is 12.6. The van der Waals surface area contributed by atoms with E-state index in [1.165, 1.54) is 16.7 Å². The largest absolute Gasteiger partial charge is 0.493 e. The highest BCUT2D eigenvalue weighted by molar-refractivity contribution is 7.11. The normalized spacial score (nSPS) is 13.0. The fraction of sp³-hybridized carbons (Fsp3) is 0.130. The minimum atomic E-state index is -0.590. The summed E-state index contributed by atoms with van der Waals surface area (Å²) in [5, 5.41) is 16.8. The molecule has 3 aromatic rings. The third kappa shape index (κ3) is 5.13. The molecule has 0 unspecified atom stereocenters. The van der Waals surface area contributed by atoms with Crippen LogP contribution in [0.5, 0.6) is 11.6 Å². The Balaban J connectivity index is 1.63. The number of halogens is 3. The number of aryl methyl sites for hydroxylation is 1. The van der Waals surface area contributed by atoms with Gasteiger partial charge in [-0.25, -0.2) is 10.4 Å². The molecule has 0 radical (unpaired) electrons. The molecule has 4 rings (SSSR count). The van der Waals surface area contributed by atoms with Crippen LogP contribution in [0.4, 0.5) is 0 Å². The number of amides is 2. The minimum Gasteiger partial charge on any atom is -0.493 e. The Morgan fingerprint density at radius 3 is 2.74 bits per heavy atom.